The topological polar surface area (TPSA) is 70.8 Å². The molecule has 7 nitrogen and oxygen atoms in total. The molecule has 0 amide bonds. The second-order valence-corrected chi connectivity index (χ2v) is 5.74. The van der Waals surface area contributed by atoms with E-state index < -0.39 is 0 Å². The Kier molecular flexibility index (Phi) is 6.40. The smallest absolute Gasteiger partial charge is 0.161 e. The SMILES string of the molecule is CCOc1cc(/C=N\n2cnnc2)ccc1OCCOc1ccc(C)cc1. The third kappa shape index (κ3) is 5.57. The Balaban J connectivity index is 1.57. The van der Waals surface area contributed by atoms with E-state index in [9.17, 15) is 0 Å². The molecule has 0 bridgehead atoms. The highest BCUT2D eigenvalue weighted by Crippen LogP contribution is 2.28. The molecular weight excluding hydrogens is 344 g/mol. The lowest BCUT2D eigenvalue weighted by Gasteiger charge is -2.13. The molecule has 27 heavy (non-hydrogen) atoms. The molecular formula is C20H22N4O3. The van der Waals surface area contributed by atoms with E-state index in [0.29, 0.717) is 31.3 Å². The van der Waals surface area contributed by atoms with Gasteiger partial charge in [0.2, 0.25) is 0 Å². The van der Waals surface area contributed by atoms with E-state index in [-0.39, 0.29) is 0 Å². The lowest BCUT2D eigenvalue weighted by atomic mass is 10.2. The normalized spacial score (nSPS) is 10.9. The maximum Gasteiger partial charge on any atom is 0.161 e. The van der Waals surface area contributed by atoms with Crippen LogP contribution in [0.3, 0.4) is 0 Å². The summed E-state index contributed by atoms with van der Waals surface area (Å²) >= 11 is 0. The highest BCUT2D eigenvalue weighted by molar-refractivity contribution is 5.80. The van der Waals surface area contributed by atoms with Gasteiger partial charge in [0, 0.05) is 0 Å². The van der Waals surface area contributed by atoms with Crippen LogP contribution < -0.4 is 14.2 Å². The van der Waals surface area contributed by atoms with Crippen molar-refractivity contribution >= 4 is 6.21 Å². The summed E-state index contributed by atoms with van der Waals surface area (Å²) < 4.78 is 18.7. The Hall–Kier alpha value is -3.35. The summed E-state index contributed by atoms with van der Waals surface area (Å²) in [5.74, 6) is 2.17. The van der Waals surface area contributed by atoms with Gasteiger partial charge in [-0.2, -0.15) is 5.10 Å². The van der Waals surface area contributed by atoms with E-state index in [1.54, 1.807) is 6.21 Å². The van der Waals surface area contributed by atoms with Gasteiger partial charge in [0.25, 0.3) is 0 Å². The van der Waals surface area contributed by atoms with E-state index in [1.165, 1.54) is 22.9 Å². The zero-order chi connectivity index (χ0) is 18.9. The van der Waals surface area contributed by atoms with Gasteiger partial charge < -0.3 is 14.2 Å². The monoisotopic (exact) mass is 366 g/mol. The van der Waals surface area contributed by atoms with Gasteiger partial charge in [0.15, 0.2) is 11.5 Å². The molecule has 2 aromatic carbocycles. The molecule has 0 fully saturated rings. The van der Waals surface area contributed by atoms with Crippen molar-refractivity contribution in [1.82, 2.24) is 14.9 Å². The van der Waals surface area contributed by atoms with Gasteiger partial charge in [-0.05, 0) is 49.7 Å². The number of aryl methyl sites for hydroxylation is 1. The largest absolute Gasteiger partial charge is 0.490 e. The first-order valence-electron chi connectivity index (χ1n) is 8.72. The molecule has 0 aliphatic heterocycles. The van der Waals surface area contributed by atoms with E-state index in [2.05, 4.69) is 15.3 Å². The quantitative estimate of drug-likeness (QED) is 0.429. The first-order valence-corrected chi connectivity index (χ1v) is 8.72. The maximum absolute atomic E-state index is 5.82. The highest BCUT2D eigenvalue weighted by Gasteiger charge is 2.06. The summed E-state index contributed by atoms with van der Waals surface area (Å²) in [6, 6.07) is 13.6. The lowest BCUT2D eigenvalue weighted by Crippen LogP contribution is -2.10. The number of nitrogens with zero attached hydrogens (tertiary/aromatic N) is 4. The first-order chi connectivity index (χ1) is 13.2. The predicted molar refractivity (Wildman–Crippen MR) is 103 cm³/mol. The van der Waals surface area contributed by atoms with E-state index in [1.807, 2.05) is 56.3 Å². The molecule has 140 valence electrons. The zero-order valence-electron chi connectivity index (χ0n) is 15.4. The molecule has 7 heteroatoms. The van der Waals surface area contributed by atoms with Crippen LogP contribution in [0.1, 0.15) is 18.1 Å². The van der Waals surface area contributed by atoms with Gasteiger partial charge in [-0.3, -0.25) is 0 Å². The summed E-state index contributed by atoms with van der Waals surface area (Å²) in [4.78, 5) is 0. The van der Waals surface area contributed by atoms with E-state index >= 15 is 0 Å². The molecule has 1 heterocycles. The Morgan fingerprint density at radius 1 is 0.926 bits per heavy atom. The molecule has 0 N–H and O–H groups in total. The summed E-state index contributed by atoms with van der Waals surface area (Å²) in [7, 11) is 0. The summed E-state index contributed by atoms with van der Waals surface area (Å²) in [6.07, 6.45) is 4.74. The van der Waals surface area contributed by atoms with Crippen LogP contribution >= 0.6 is 0 Å². The van der Waals surface area contributed by atoms with Gasteiger partial charge in [-0.1, -0.05) is 17.7 Å². The van der Waals surface area contributed by atoms with Crippen LogP contribution in [0.25, 0.3) is 0 Å². The fraction of sp³-hybridized carbons (Fsp3) is 0.250. The Morgan fingerprint density at radius 2 is 1.67 bits per heavy atom. The van der Waals surface area contributed by atoms with Crippen molar-refractivity contribution in [2.24, 2.45) is 5.10 Å². The van der Waals surface area contributed by atoms with Crippen molar-refractivity contribution in [1.29, 1.82) is 0 Å². The summed E-state index contributed by atoms with van der Waals surface area (Å²) in [5.41, 5.74) is 2.09. The summed E-state index contributed by atoms with van der Waals surface area (Å²) in [6.45, 7) is 5.39. The van der Waals surface area contributed by atoms with Crippen molar-refractivity contribution < 1.29 is 14.2 Å². The van der Waals surface area contributed by atoms with Crippen molar-refractivity contribution in [3.05, 3.63) is 66.2 Å². The van der Waals surface area contributed by atoms with Crippen molar-refractivity contribution in [2.45, 2.75) is 13.8 Å². The minimum atomic E-state index is 0.419. The molecule has 3 rings (SSSR count). The molecule has 0 saturated carbocycles. The highest BCUT2D eigenvalue weighted by atomic mass is 16.5. The molecule has 0 atom stereocenters. The predicted octanol–water partition coefficient (Wildman–Crippen LogP) is 3.33. The van der Waals surface area contributed by atoms with Crippen LogP contribution in [0, 0.1) is 6.92 Å². The molecule has 0 saturated heterocycles. The number of hydrogen-bond acceptors (Lipinski definition) is 6. The molecule has 0 spiro atoms. The van der Waals surface area contributed by atoms with Crippen LogP contribution in [0.15, 0.2) is 60.2 Å². The van der Waals surface area contributed by atoms with Crippen LogP contribution in [-0.2, 0) is 0 Å². The zero-order valence-corrected chi connectivity index (χ0v) is 15.4. The fourth-order valence-corrected chi connectivity index (χ4v) is 2.33. The third-order valence-electron chi connectivity index (χ3n) is 3.64. The van der Waals surface area contributed by atoms with E-state index in [0.717, 1.165) is 11.3 Å². The minimum Gasteiger partial charge on any atom is -0.490 e. The maximum atomic E-state index is 5.82. The Morgan fingerprint density at radius 3 is 2.41 bits per heavy atom. The Labute approximate surface area is 158 Å². The summed E-state index contributed by atoms with van der Waals surface area (Å²) in [5, 5.41) is 11.6. The van der Waals surface area contributed by atoms with Crippen molar-refractivity contribution in [3.63, 3.8) is 0 Å². The van der Waals surface area contributed by atoms with Crippen molar-refractivity contribution in [3.8, 4) is 17.2 Å². The number of rotatable bonds is 9. The molecule has 0 aliphatic carbocycles. The van der Waals surface area contributed by atoms with Gasteiger partial charge in [0.1, 0.15) is 31.6 Å². The van der Waals surface area contributed by atoms with E-state index in [4.69, 9.17) is 14.2 Å². The standard InChI is InChI=1S/C20H22N4O3/c1-3-25-20-12-17(13-23-24-14-21-22-15-24)6-9-19(20)27-11-10-26-18-7-4-16(2)5-8-18/h4-9,12-15H,3,10-11H2,1-2H3/b23-13-. The second kappa shape index (κ2) is 9.38. The third-order valence-corrected chi connectivity index (χ3v) is 3.64. The first kappa shape index (κ1) is 18.4. The molecule has 0 unspecified atom stereocenters. The molecule has 3 aromatic rings. The van der Waals surface area contributed by atoms with Crippen LogP contribution in [0.4, 0.5) is 0 Å². The average Bonchev–Trinajstić information content (AvgIpc) is 3.20. The van der Waals surface area contributed by atoms with Crippen molar-refractivity contribution in [2.75, 3.05) is 19.8 Å². The van der Waals surface area contributed by atoms with Crippen LogP contribution in [-0.4, -0.2) is 40.9 Å². The van der Waals surface area contributed by atoms with Gasteiger partial charge >= 0.3 is 0 Å². The van der Waals surface area contributed by atoms with Gasteiger partial charge in [0.05, 0.1) is 12.8 Å². The Bertz CT molecular complexity index is 861. The average molecular weight is 366 g/mol. The van der Waals surface area contributed by atoms with Gasteiger partial charge in [-0.25, -0.2) is 4.68 Å². The lowest BCUT2D eigenvalue weighted by molar-refractivity contribution is 0.208. The molecule has 0 aliphatic rings. The number of hydrogen-bond donors (Lipinski definition) is 0. The van der Waals surface area contributed by atoms with Crippen LogP contribution in [0.2, 0.25) is 0 Å². The molecule has 0 radical (unpaired) electrons. The molecule has 1 aromatic heterocycles. The fourth-order valence-electron chi connectivity index (χ4n) is 2.33. The minimum absolute atomic E-state index is 0.419. The van der Waals surface area contributed by atoms with Gasteiger partial charge in [-0.15, -0.1) is 10.2 Å². The second-order valence-electron chi connectivity index (χ2n) is 5.74. The van der Waals surface area contributed by atoms with Crippen LogP contribution in [0.5, 0.6) is 17.2 Å². The number of aromatic nitrogens is 3. The number of ether oxygens (including phenoxy) is 3. The number of benzene rings is 2.